The lowest BCUT2D eigenvalue weighted by Crippen LogP contribution is -2.14. The van der Waals surface area contributed by atoms with Crippen LogP contribution in [0.3, 0.4) is 0 Å². The Morgan fingerprint density at radius 3 is 3.12 bits per heavy atom. The fourth-order valence-electron chi connectivity index (χ4n) is 3.21. The molecule has 1 aliphatic carbocycles. The molecule has 0 unspecified atom stereocenters. The third-order valence-corrected chi connectivity index (χ3v) is 5.75. The Balaban J connectivity index is 1.50. The number of benzene rings is 1. The van der Waals surface area contributed by atoms with E-state index in [-0.39, 0.29) is 18.1 Å². The minimum Gasteiger partial charge on any atom is -0.453 e. The van der Waals surface area contributed by atoms with Gasteiger partial charge in [0.25, 0.3) is 5.56 Å². The molecule has 3 aromatic rings. The van der Waals surface area contributed by atoms with Crippen molar-refractivity contribution in [2.75, 3.05) is 0 Å². The van der Waals surface area contributed by atoms with Crippen LogP contribution in [0.4, 0.5) is 0 Å². The molecule has 2 aromatic heterocycles. The summed E-state index contributed by atoms with van der Waals surface area (Å²) in [5.74, 6) is 0.660. The van der Waals surface area contributed by atoms with Gasteiger partial charge in [-0.25, -0.2) is 9.78 Å². The van der Waals surface area contributed by atoms with Crippen molar-refractivity contribution in [2.24, 2.45) is 5.92 Å². The van der Waals surface area contributed by atoms with E-state index in [1.807, 2.05) is 12.1 Å². The summed E-state index contributed by atoms with van der Waals surface area (Å²) in [4.78, 5) is 33.3. The van der Waals surface area contributed by atoms with Gasteiger partial charge in [0, 0.05) is 4.88 Å². The average molecular weight is 354 g/mol. The van der Waals surface area contributed by atoms with Crippen LogP contribution in [0.1, 0.15) is 39.3 Å². The molecule has 0 saturated heterocycles. The van der Waals surface area contributed by atoms with Crippen LogP contribution in [0.25, 0.3) is 10.9 Å². The second-order valence-corrected chi connectivity index (χ2v) is 7.65. The average Bonchev–Trinajstić information content (AvgIpc) is 3.03. The van der Waals surface area contributed by atoms with E-state index in [2.05, 4.69) is 16.9 Å². The Morgan fingerprint density at radius 1 is 1.40 bits per heavy atom. The molecule has 5 nitrogen and oxygen atoms in total. The molecule has 4 rings (SSSR count). The maximum atomic E-state index is 12.3. The summed E-state index contributed by atoms with van der Waals surface area (Å²) in [6, 6.07) is 9.05. The second-order valence-electron chi connectivity index (χ2n) is 6.51. The molecule has 0 bridgehead atoms. The molecule has 1 N–H and O–H groups in total. The quantitative estimate of drug-likeness (QED) is 0.731. The maximum Gasteiger partial charge on any atom is 0.348 e. The van der Waals surface area contributed by atoms with Crippen LogP contribution in [-0.2, 0) is 24.2 Å². The van der Waals surface area contributed by atoms with Crippen LogP contribution in [-0.4, -0.2) is 15.9 Å². The molecule has 0 radical (unpaired) electrons. The summed E-state index contributed by atoms with van der Waals surface area (Å²) in [7, 11) is 0. The van der Waals surface area contributed by atoms with Gasteiger partial charge in [0.05, 0.1) is 10.9 Å². The number of nitrogens with one attached hydrogen (secondary N) is 1. The van der Waals surface area contributed by atoms with Crippen molar-refractivity contribution in [3.63, 3.8) is 0 Å². The Morgan fingerprint density at radius 2 is 2.24 bits per heavy atom. The van der Waals surface area contributed by atoms with Gasteiger partial charge in [-0.05, 0) is 48.9 Å². The smallest absolute Gasteiger partial charge is 0.348 e. The first kappa shape index (κ1) is 16.0. The van der Waals surface area contributed by atoms with Gasteiger partial charge in [0.1, 0.15) is 17.3 Å². The molecule has 6 heteroatoms. The van der Waals surface area contributed by atoms with Gasteiger partial charge in [-0.2, -0.15) is 0 Å². The first-order chi connectivity index (χ1) is 12.1. The topological polar surface area (TPSA) is 72.0 Å². The number of rotatable bonds is 3. The fourth-order valence-corrected chi connectivity index (χ4v) is 4.32. The van der Waals surface area contributed by atoms with Crippen LogP contribution >= 0.6 is 11.3 Å². The number of para-hydroxylation sites is 1. The maximum absolute atomic E-state index is 12.3. The van der Waals surface area contributed by atoms with Gasteiger partial charge in [0.15, 0.2) is 0 Å². The molecule has 0 amide bonds. The van der Waals surface area contributed by atoms with Crippen LogP contribution in [0.2, 0.25) is 0 Å². The van der Waals surface area contributed by atoms with Gasteiger partial charge in [0.2, 0.25) is 0 Å². The van der Waals surface area contributed by atoms with Crippen molar-refractivity contribution in [3.05, 3.63) is 61.8 Å². The van der Waals surface area contributed by atoms with Crippen molar-refractivity contribution in [1.29, 1.82) is 0 Å². The molecule has 25 heavy (non-hydrogen) atoms. The third-order valence-electron chi connectivity index (χ3n) is 4.53. The van der Waals surface area contributed by atoms with E-state index in [0.29, 0.717) is 27.5 Å². The number of nitrogens with zero attached hydrogens (tertiary/aromatic N) is 1. The molecule has 1 aromatic carbocycles. The highest BCUT2D eigenvalue weighted by Gasteiger charge is 2.21. The van der Waals surface area contributed by atoms with Crippen molar-refractivity contribution < 1.29 is 9.53 Å². The van der Waals surface area contributed by atoms with Gasteiger partial charge in [-0.15, -0.1) is 11.3 Å². The normalized spacial score (nSPS) is 16.6. The lowest BCUT2D eigenvalue weighted by molar-refractivity contribution is 0.0468. The summed E-state index contributed by atoms with van der Waals surface area (Å²) >= 11 is 1.52. The van der Waals surface area contributed by atoms with Crippen LogP contribution in [0, 0.1) is 5.92 Å². The van der Waals surface area contributed by atoms with Crippen molar-refractivity contribution in [3.8, 4) is 0 Å². The van der Waals surface area contributed by atoms with Gasteiger partial charge in [-0.3, -0.25) is 4.79 Å². The van der Waals surface area contributed by atoms with Crippen molar-refractivity contribution in [1.82, 2.24) is 9.97 Å². The van der Waals surface area contributed by atoms with E-state index in [1.54, 1.807) is 18.2 Å². The molecule has 0 fully saturated rings. The molecular weight excluding hydrogens is 336 g/mol. The van der Waals surface area contributed by atoms with Crippen LogP contribution < -0.4 is 5.56 Å². The third kappa shape index (κ3) is 3.22. The highest BCUT2D eigenvalue weighted by molar-refractivity contribution is 7.14. The summed E-state index contributed by atoms with van der Waals surface area (Å²) in [5, 5.41) is 0.526. The monoisotopic (exact) mass is 354 g/mol. The predicted octanol–water partition coefficient (Wildman–Crippen LogP) is 3.47. The summed E-state index contributed by atoms with van der Waals surface area (Å²) in [5.41, 5.74) is 1.64. The number of carbonyl (C=O) groups is 1. The number of aromatic amines is 1. The minimum atomic E-state index is -0.358. The Bertz CT molecular complexity index is 1010. The zero-order chi connectivity index (χ0) is 17.4. The van der Waals surface area contributed by atoms with E-state index < -0.39 is 0 Å². The molecule has 0 spiro atoms. The standard InChI is InChI=1S/C19H18N2O3S/c1-11-6-7-15-12(8-11)9-16(25-15)19(23)24-10-17-20-14-5-3-2-4-13(14)18(22)21-17/h2-5,9,11H,6-8,10H2,1H3,(H,20,21,22)/t11-/m0/s1. The van der Waals surface area contributed by atoms with Crippen LogP contribution in [0.5, 0.6) is 0 Å². The number of fused-ring (bicyclic) bond motifs is 2. The van der Waals surface area contributed by atoms with Gasteiger partial charge >= 0.3 is 5.97 Å². The summed E-state index contributed by atoms with van der Waals surface area (Å²) in [6.07, 6.45) is 3.23. The number of carbonyl (C=O) groups excluding carboxylic acids is 1. The van der Waals surface area contributed by atoms with Crippen LogP contribution in [0.15, 0.2) is 35.1 Å². The van der Waals surface area contributed by atoms with E-state index in [1.165, 1.54) is 28.2 Å². The second kappa shape index (κ2) is 6.44. The summed E-state index contributed by atoms with van der Waals surface area (Å²) < 4.78 is 5.36. The molecule has 2 heterocycles. The number of aromatic nitrogens is 2. The predicted molar refractivity (Wildman–Crippen MR) is 97.0 cm³/mol. The van der Waals surface area contributed by atoms with E-state index in [4.69, 9.17) is 4.74 Å². The minimum absolute atomic E-state index is 0.0438. The highest BCUT2D eigenvalue weighted by atomic mass is 32.1. The van der Waals surface area contributed by atoms with E-state index in [0.717, 1.165) is 12.8 Å². The molecule has 1 aliphatic rings. The number of hydrogen-bond acceptors (Lipinski definition) is 5. The Labute approximate surface area is 148 Å². The van der Waals surface area contributed by atoms with Crippen molar-refractivity contribution >= 4 is 28.2 Å². The number of H-pyrrole nitrogens is 1. The highest BCUT2D eigenvalue weighted by Crippen LogP contribution is 2.32. The SMILES string of the molecule is C[C@H]1CCc2sc(C(=O)OCc3nc4ccccc4c(=O)[nH]3)cc2C1. The van der Waals surface area contributed by atoms with Gasteiger partial charge < -0.3 is 9.72 Å². The van der Waals surface area contributed by atoms with E-state index >= 15 is 0 Å². The van der Waals surface area contributed by atoms with Crippen molar-refractivity contribution in [2.45, 2.75) is 32.8 Å². The Kier molecular flexibility index (Phi) is 4.13. The lowest BCUT2D eigenvalue weighted by Gasteiger charge is -2.16. The molecule has 128 valence electrons. The molecular formula is C19H18N2O3S. The summed E-state index contributed by atoms with van der Waals surface area (Å²) in [6.45, 7) is 2.19. The first-order valence-electron chi connectivity index (χ1n) is 8.37. The number of thiophene rings is 1. The zero-order valence-corrected chi connectivity index (χ0v) is 14.7. The Hall–Kier alpha value is -2.47. The molecule has 0 saturated carbocycles. The number of esters is 1. The lowest BCUT2D eigenvalue weighted by atomic mass is 9.90. The number of ether oxygens (including phenoxy) is 1. The largest absolute Gasteiger partial charge is 0.453 e. The molecule has 1 atom stereocenters. The molecule has 0 aliphatic heterocycles. The van der Waals surface area contributed by atoms with E-state index in [9.17, 15) is 9.59 Å². The number of aryl methyl sites for hydroxylation is 1. The first-order valence-corrected chi connectivity index (χ1v) is 9.18. The van der Waals surface area contributed by atoms with Gasteiger partial charge in [-0.1, -0.05) is 19.1 Å². The number of hydrogen-bond donors (Lipinski definition) is 1. The fraction of sp³-hybridized carbons (Fsp3) is 0.316. The zero-order valence-electron chi connectivity index (χ0n) is 13.9.